The molecule has 1 heterocycles. The van der Waals surface area contributed by atoms with Gasteiger partial charge in [-0.25, -0.2) is 0 Å². The lowest BCUT2D eigenvalue weighted by Gasteiger charge is -2.21. The van der Waals surface area contributed by atoms with Crippen molar-refractivity contribution >= 4 is 27.3 Å². The Hall–Kier alpha value is -0.840. The summed E-state index contributed by atoms with van der Waals surface area (Å²) < 4.78 is 6.94. The first kappa shape index (κ1) is 15.5. The Labute approximate surface area is 133 Å². The van der Waals surface area contributed by atoms with Gasteiger partial charge in [-0.3, -0.25) is 0 Å². The predicted molar refractivity (Wildman–Crippen MR) is 89.8 cm³/mol. The van der Waals surface area contributed by atoms with Crippen LogP contribution in [0.25, 0.3) is 0 Å². The molecule has 0 fully saturated rings. The summed E-state index contributed by atoms with van der Waals surface area (Å²) in [5.41, 5.74) is 1.20. The second-order valence-electron chi connectivity index (χ2n) is 4.49. The third-order valence-electron chi connectivity index (χ3n) is 3.04. The van der Waals surface area contributed by atoms with E-state index in [-0.39, 0.29) is 6.04 Å². The fourth-order valence-electron chi connectivity index (χ4n) is 2.15. The van der Waals surface area contributed by atoms with Crippen molar-refractivity contribution in [1.29, 1.82) is 0 Å². The number of para-hydroxylation sites is 1. The van der Waals surface area contributed by atoms with E-state index in [0.29, 0.717) is 6.61 Å². The highest BCUT2D eigenvalue weighted by Gasteiger charge is 2.20. The van der Waals surface area contributed by atoms with Gasteiger partial charge in [-0.2, -0.15) is 0 Å². The summed E-state index contributed by atoms with van der Waals surface area (Å²) in [6, 6.07) is 10.6. The Balaban J connectivity index is 2.38. The minimum Gasteiger partial charge on any atom is -0.494 e. The number of thiophene rings is 1. The number of hydrogen-bond acceptors (Lipinski definition) is 3. The normalized spacial score (nSPS) is 12.3. The SMILES string of the molecule is CCCNC(c1ccccc1OCC)c1sccc1Br. The van der Waals surface area contributed by atoms with Gasteiger partial charge in [0.1, 0.15) is 5.75 Å². The zero-order chi connectivity index (χ0) is 14.4. The van der Waals surface area contributed by atoms with Crippen LogP contribution in [0.5, 0.6) is 5.75 Å². The first-order valence-electron chi connectivity index (χ1n) is 6.95. The summed E-state index contributed by atoms with van der Waals surface area (Å²) in [5, 5.41) is 5.74. The molecule has 1 N–H and O–H groups in total. The van der Waals surface area contributed by atoms with E-state index in [9.17, 15) is 0 Å². The second-order valence-corrected chi connectivity index (χ2v) is 6.29. The monoisotopic (exact) mass is 353 g/mol. The Kier molecular flexibility index (Phi) is 6.07. The Morgan fingerprint density at radius 2 is 2.05 bits per heavy atom. The smallest absolute Gasteiger partial charge is 0.124 e. The van der Waals surface area contributed by atoms with Gasteiger partial charge in [0, 0.05) is 14.9 Å². The van der Waals surface area contributed by atoms with Crippen LogP contribution in [0.1, 0.15) is 36.8 Å². The van der Waals surface area contributed by atoms with Crippen LogP contribution in [-0.2, 0) is 0 Å². The molecule has 0 aliphatic heterocycles. The van der Waals surface area contributed by atoms with Crippen molar-refractivity contribution in [2.75, 3.05) is 13.2 Å². The second kappa shape index (κ2) is 7.81. The molecule has 0 saturated heterocycles. The van der Waals surface area contributed by atoms with Gasteiger partial charge >= 0.3 is 0 Å². The maximum absolute atomic E-state index is 5.79. The van der Waals surface area contributed by atoms with E-state index in [1.807, 2.05) is 19.1 Å². The van der Waals surface area contributed by atoms with Gasteiger partial charge in [0.2, 0.25) is 0 Å². The van der Waals surface area contributed by atoms with Gasteiger partial charge in [0.25, 0.3) is 0 Å². The molecule has 2 rings (SSSR count). The van der Waals surface area contributed by atoms with Gasteiger partial charge in [-0.15, -0.1) is 11.3 Å². The quantitative estimate of drug-likeness (QED) is 0.756. The largest absolute Gasteiger partial charge is 0.494 e. The van der Waals surface area contributed by atoms with Crippen LogP contribution in [0, 0.1) is 0 Å². The summed E-state index contributed by atoms with van der Waals surface area (Å²) in [4.78, 5) is 1.30. The number of benzene rings is 1. The molecule has 0 radical (unpaired) electrons. The summed E-state index contributed by atoms with van der Waals surface area (Å²) in [5.74, 6) is 0.962. The van der Waals surface area contributed by atoms with Crippen molar-refractivity contribution in [3.8, 4) is 5.75 Å². The average molecular weight is 354 g/mol. The zero-order valence-corrected chi connectivity index (χ0v) is 14.3. The fourth-order valence-corrected chi connectivity index (χ4v) is 3.84. The van der Waals surface area contributed by atoms with Crippen molar-refractivity contribution in [2.24, 2.45) is 0 Å². The molecule has 0 bridgehead atoms. The van der Waals surface area contributed by atoms with Gasteiger partial charge in [0.15, 0.2) is 0 Å². The minimum atomic E-state index is 0.173. The third kappa shape index (κ3) is 3.62. The molecule has 0 saturated carbocycles. The standard InChI is InChI=1S/C16H20BrNOS/c1-3-10-18-15(16-13(17)9-11-20-16)12-7-5-6-8-14(12)19-4-2/h5-9,11,15,18H,3-4,10H2,1-2H3. The molecular formula is C16H20BrNOS. The van der Waals surface area contributed by atoms with E-state index in [1.54, 1.807) is 11.3 Å². The summed E-state index contributed by atoms with van der Waals surface area (Å²) in [7, 11) is 0. The Morgan fingerprint density at radius 1 is 1.25 bits per heavy atom. The lowest BCUT2D eigenvalue weighted by Crippen LogP contribution is -2.23. The third-order valence-corrected chi connectivity index (χ3v) is 4.97. The molecule has 20 heavy (non-hydrogen) atoms. The summed E-state index contributed by atoms with van der Waals surface area (Å²) in [6.07, 6.45) is 1.11. The minimum absolute atomic E-state index is 0.173. The molecule has 0 aliphatic carbocycles. The molecule has 1 aromatic carbocycles. The molecule has 1 unspecified atom stereocenters. The van der Waals surface area contributed by atoms with E-state index >= 15 is 0 Å². The van der Waals surface area contributed by atoms with Crippen LogP contribution in [0.2, 0.25) is 0 Å². The van der Waals surface area contributed by atoms with Crippen LogP contribution in [-0.4, -0.2) is 13.2 Å². The predicted octanol–water partition coefficient (Wildman–Crippen LogP) is 5.00. The summed E-state index contributed by atoms with van der Waals surface area (Å²) in [6.45, 7) is 5.87. The molecule has 0 aliphatic rings. The average Bonchev–Trinajstić information content (AvgIpc) is 2.88. The number of rotatable bonds is 7. The fraction of sp³-hybridized carbons (Fsp3) is 0.375. The lowest BCUT2D eigenvalue weighted by molar-refractivity contribution is 0.333. The van der Waals surface area contributed by atoms with Gasteiger partial charge in [-0.05, 0) is 53.3 Å². The molecule has 4 heteroatoms. The molecule has 0 spiro atoms. The maximum atomic E-state index is 5.79. The number of halogens is 1. The first-order valence-corrected chi connectivity index (χ1v) is 8.63. The molecule has 108 valence electrons. The highest BCUT2D eigenvalue weighted by atomic mass is 79.9. The zero-order valence-electron chi connectivity index (χ0n) is 11.9. The van der Waals surface area contributed by atoms with Crippen molar-refractivity contribution in [1.82, 2.24) is 5.32 Å². The van der Waals surface area contributed by atoms with E-state index in [0.717, 1.165) is 23.2 Å². The highest BCUT2D eigenvalue weighted by molar-refractivity contribution is 9.10. The topological polar surface area (TPSA) is 21.3 Å². The molecular weight excluding hydrogens is 334 g/mol. The van der Waals surface area contributed by atoms with Crippen molar-refractivity contribution < 1.29 is 4.74 Å². The lowest BCUT2D eigenvalue weighted by atomic mass is 10.0. The van der Waals surface area contributed by atoms with Gasteiger partial charge < -0.3 is 10.1 Å². The van der Waals surface area contributed by atoms with Crippen LogP contribution in [0.4, 0.5) is 0 Å². The van der Waals surface area contributed by atoms with E-state index in [2.05, 4.69) is 51.7 Å². The first-order chi connectivity index (χ1) is 9.77. The van der Waals surface area contributed by atoms with E-state index < -0.39 is 0 Å². The van der Waals surface area contributed by atoms with Crippen LogP contribution < -0.4 is 10.1 Å². The molecule has 2 aromatic rings. The van der Waals surface area contributed by atoms with Gasteiger partial charge in [0.05, 0.1) is 12.6 Å². The Morgan fingerprint density at radius 3 is 2.70 bits per heavy atom. The van der Waals surface area contributed by atoms with Crippen molar-refractivity contribution in [3.05, 3.63) is 50.6 Å². The van der Waals surface area contributed by atoms with E-state index in [4.69, 9.17) is 4.74 Å². The van der Waals surface area contributed by atoms with Crippen molar-refractivity contribution in [2.45, 2.75) is 26.3 Å². The van der Waals surface area contributed by atoms with Crippen LogP contribution in [0.15, 0.2) is 40.2 Å². The van der Waals surface area contributed by atoms with Crippen molar-refractivity contribution in [3.63, 3.8) is 0 Å². The number of hydrogen-bond donors (Lipinski definition) is 1. The van der Waals surface area contributed by atoms with Crippen LogP contribution in [0.3, 0.4) is 0 Å². The number of ether oxygens (including phenoxy) is 1. The molecule has 1 atom stereocenters. The molecule has 2 nitrogen and oxygen atoms in total. The maximum Gasteiger partial charge on any atom is 0.124 e. The van der Waals surface area contributed by atoms with Gasteiger partial charge in [-0.1, -0.05) is 25.1 Å². The Bertz CT molecular complexity index is 541. The highest BCUT2D eigenvalue weighted by Crippen LogP contribution is 2.36. The number of nitrogens with one attached hydrogen (secondary N) is 1. The molecule has 0 amide bonds. The summed E-state index contributed by atoms with van der Waals surface area (Å²) >= 11 is 5.41. The van der Waals surface area contributed by atoms with E-state index in [1.165, 1.54) is 10.4 Å². The molecule has 1 aromatic heterocycles. The van der Waals surface area contributed by atoms with Crippen LogP contribution >= 0.6 is 27.3 Å².